The summed E-state index contributed by atoms with van der Waals surface area (Å²) in [6.07, 6.45) is 6.56. The van der Waals surface area contributed by atoms with Crippen LogP contribution in [0.1, 0.15) is 0 Å². The fourth-order valence-electron chi connectivity index (χ4n) is 1.02. The third-order valence-electron chi connectivity index (χ3n) is 1.63. The molecule has 0 aliphatic heterocycles. The Bertz CT molecular complexity index is 441. The van der Waals surface area contributed by atoms with Crippen molar-refractivity contribution in [3.8, 4) is 11.4 Å². The summed E-state index contributed by atoms with van der Waals surface area (Å²) in [6.45, 7) is 0. The number of nitrogens with two attached hydrogens (primary N) is 1. The number of anilines is 1. The standard InChI is InChI=1S/C9H7BrN4/c10-7-1-6(2-12-3-7)9-13-4-8(11)5-14-9/h1-5H,11H2. The van der Waals surface area contributed by atoms with Crippen LogP contribution in [0.4, 0.5) is 5.69 Å². The van der Waals surface area contributed by atoms with Gasteiger partial charge in [0.1, 0.15) is 0 Å². The highest BCUT2D eigenvalue weighted by Crippen LogP contribution is 2.17. The van der Waals surface area contributed by atoms with Gasteiger partial charge in [0, 0.05) is 22.4 Å². The third kappa shape index (κ3) is 1.88. The van der Waals surface area contributed by atoms with E-state index in [4.69, 9.17) is 5.73 Å². The molecule has 0 aliphatic rings. The molecule has 0 atom stereocenters. The molecule has 0 spiro atoms. The van der Waals surface area contributed by atoms with E-state index < -0.39 is 0 Å². The van der Waals surface area contributed by atoms with Gasteiger partial charge in [-0.05, 0) is 22.0 Å². The van der Waals surface area contributed by atoms with Crippen LogP contribution < -0.4 is 5.73 Å². The van der Waals surface area contributed by atoms with Crippen LogP contribution in [-0.2, 0) is 0 Å². The lowest BCUT2D eigenvalue weighted by Crippen LogP contribution is -1.92. The highest BCUT2D eigenvalue weighted by Gasteiger charge is 2.01. The van der Waals surface area contributed by atoms with Crippen LogP contribution in [0.15, 0.2) is 35.3 Å². The Morgan fingerprint density at radius 3 is 2.43 bits per heavy atom. The van der Waals surface area contributed by atoms with E-state index in [0.717, 1.165) is 10.0 Å². The summed E-state index contributed by atoms with van der Waals surface area (Å²) in [5, 5.41) is 0. The van der Waals surface area contributed by atoms with E-state index >= 15 is 0 Å². The van der Waals surface area contributed by atoms with E-state index in [1.54, 1.807) is 24.8 Å². The summed E-state index contributed by atoms with van der Waals surface area (Å²) < 4.78 is 0.899. The average Bonchev–Trinajstić information content (AvgIpc) is 2.19. The molecule has 2 aromatic heterocycles. The number of nitrogen functional groups attached to an aromatic ring is 1. The van der Waals surface area contributed by atoms with E-state index in [2.05, 4.69) is 30.9 Å². The van der Waals surface area contributed by atoms with Crippen LogP contribution >= 0.6 is 15.9 Å². The summed E-state index contributed by atoms with van der Waals surface area (Å²) >= 11 is 3.33. The van der Waals surface area contributed by atoms with Gasteiger partial charge in [0.2, 0.25) is 0 Å². The van der Waals surface area contributed by atoms with E-state index in [9.17, 15) is 0 Å². The lowest BCUT2D eigenvalue weighted by molar-refractivity contribution is 1.16. The highest BCUT2D eigenvalue weighted by molar-refractivity contribution is 9.10. The van der Waals surface area contributed by atoms with Crippen molar-refractivity contribution in [3.63, 3.8) is 0 Å². The molecule has 0 fully saturated rings. The molecule has 0 aromatic carbocycles. The van der Waals surface area contributed by atoms with Crippen LogP contribution in [0.5, 0.6) is 0 Å². The monoisotopic (exact) mass is 250 g/mol. The molecule has 0 saturated carbocycles. The molecule has 14 heavy (non-hydrogen) atoms. The van der Waals surface area contributed by atoms with Crippen LogP contribution in [-0.4, -0.2) is 15.0 Å². The van der Waals surface area contributed by atoms with Gasteiger partial charge in [-0.25, -0.2) is 9.97 Å². The smallest absolute Gasteiger partial charge is 0.160 e. The van der Waals surface area contributed by atoms with Crippen molar-refractivity contribution in [1.82, 2.24) is 15.0 Å². The van der Waals surface area contributed by atoms with Crippen LogP contribution in [0, 0.1) is 0 Å². The first-order valence-electron chi connectivity index (χ1n) is 3.94. The van der Waals surface area contributed by atoms with Gasteiger partial charge >= 0.3 is 0 Å². The fourth-order valence-corrected chi connectivity index (χ4v) is 1.39. The summed E-state index contributed by atoms with van der Waals surface area (Å²) in [6, 6.07) is 1.90. The Balaban J connectivity index is 2.44. The molecule has 0 radical (unpaired) electrons. The summed E-state index contributed by atoms with van der Waals surface area (Å²) in [5.74, 6) is 0.619. The number of pyridine rings is 1. The predicted molar refractivity (Wildman–Crippen MR) is 57.4 cm³/mol. The number of hydrogen-bond donors (Lipinski definition) is 1. The van der Waals surface area contributed by atoms with Crippen LogP contribution in [0.25, 0.3) is 11.4 Å². The largest absolute Gasteiger partial charge is 0.396 e. The topological polar surface area (TPSA) is 64.7 Å². The van der Waals surface area contributed by atoms with Gasteiger partial charge in [-0.2, -0.15) is 0 Å². The van der Waals surface area contributed by atoms with Gasteiger partial charge in [-0.1, -0.05) is 0 Å². The summed E-state index contributed by atoms with van der Waals surface area (Å²) in [4.78, 5) is 12.2. The maximum atomic E-state index is 5.48. The molecular formula is C9H7BrN4. The minimum atomic E-state index is 0.553. The van der Waals surface area contributed by atoms with Gasteiger partial charge in [0.15, 0.2) is 5.82 Å². The van der Waals surface area contributed by atoms with Crippen molar-refractivity contribution in [3.05, 3.63) is 35.3 Å². The minimum absolute atomic E-state index is 0.553. The predicted octanol–water partition coefficient (Wildman–Crippen LogP) is 1.88. The Morgan fingerprint density at radius 1 is 1.07 bits per heavy atom. The molecular weight excluding hydrogens is 244 g/mol. The number of rotatable bonds is 1. The zero-order chi connectivity index (χ0) is 9.97. The zero-order valence-corrected chi connectivity index (χ0v) is 8.77. The maximum Gasteiger partial charge on any atom is 0.160 e. The van der Waals surface area contributed by atoms with E-state index in [0.29, 0.717) is 11.5 Å². The van der Waals surface area contributed by atoms with Crippen molar-refractivity contribution < 1.29 is 0 Å². The first-order valence-corrected chi connectivity index (χ1v) is 4.73. The second-order valence-electron chi connectivity index (χ2n) is 2.73. The lowest BCUT2D eigenvalue weighted by Gasteiger charge is -1.99. The van der Waals surface area contributed by atoms with Crippen molar-refractivity contribution in [2.75, 3.05) is 5.73 Å². The highest BCUT2D eigenvalue weighted by atomic mass is 79.9. The molecule has 0 saturated heterocycles. The normalized spacial score (nSPS) is 10.1. The van der Waals surface area contributed by atoms with Crippen molar-refractivity contribution in [2.24, 2.45) is 0 Å². The van der Waals surface area contributed by atoms with Gasteiger partial charge in [-0.3, -0.25) is 4.98 Å². The molecule has 5 heteroatoms. The summed E-state index contributed by atoms with van der Waals surface area (Å²) in [7, 11) is 0. The average molecular weight is 251 g/mol. The minimum Gasteiger partial charge on any atom is -0.396 e. The lowest BCUT2D eigenvalue weighted by atomic mass is 10.3. The number of aromatic nitrogens is 3. The van der Waals surface area contributed by atoms with E-state index in [1.807, 2.05) is 6.07 Å². The van der Waals surface area contributed by atoms with Gasteiger partial charge < -0.3 is 5.73 Å². The third-order valence-corrected chi connectivity index (χ3v) is 2.07. The quantitative estimate of drug-likeness (QED) is 0.840. The van der Waals surface area contributed by atoms with E-state index in [-0.39, 0.29) is 0 Å². The molecule has 2 N–H and O–H groups in total. The van der Waals surface area contributed by atoms with Gasteiger partial charge in [0.25, 0.3) is 0 Å². The fraction of sp³-hybridized carbons (Fsp3) is 0. The summed E-state index contributed by atoms with van der Waals surface area (Å²) in [5.41, 5.74) is 6.90. The van der Waals surface area contributed by atoms with Crippen molar-refractivity contribution in [2.45, 2.75) is 0 Å². The molecule has 0 unspecified atom stereocenters. The van der Waals surface area contributed by atoms with Crippen molar-refractivity contribution in [1.29, 1.82) is 0 Å². The molecule has 0 aliphatic carbocycles. The first-order chi connectivity index (χ1) is 6.75. The molecule has 2 heterocycles. The molecule has 2 rings (SSSR count). The Kier molecular flexibility index (Phi) is 2.41. The number of nitrogens with zero attached hydrogens (tertiary/aromatic N) is 3. The van der Waals surface area contributed by atoms with Gasteiger partial charge in [-0.15, -0.1) is 0 Å². The Hall–Kier alpha value is -1.49. The van der Waals surface area contributed by atoms with Crippen LogP contribution in [0.2, 0.25) is 0 Å². The molecule has 2 aromatic rings. The molecule has 70 valence electrons. The zero-order valence-electron chi connectivity index (χ0n) is 7.18. The molecule has 0 bridgehead atoms. The van der Waals surface area contributed by atoms with Crippen molar-refractivity contribution >= 4 is 21.6 Å². The number of halogens is 1. The first kappa shape index (κ1) is 9.08. The molecule has 4 nitrogen and oxygen atoms in total. The van der Waals surface area contributed by atoms with Crippen LogP contribution in [0.3, 0.4) is 0 Å². The molecule has 0 amide bonds. The van der Waals surface area contributed by atoms with Gasteiger partial charge in [0.05, 0.1) is 18.1 Å². The SMILES string of the molecule is Nc1cnc(-c2cncc(Br)c2)nc1. The number of hydrogen-bond acceptors (Lipinski definition) is 4. The van der Waals surface area contributed by atoms with E-state index in [1.165, 1.54) is 0 Å². The Morgan fingerprint density at radius 2 is 1.79 bits per heavy atom. The second-order valence-corrected chi connectivity index (χ2v) is 3.65. The maximum absolute atomic E-state index is 5.48. The second kappa shape index (κ2) is 3.71. The Labute approximate surface area is 89.4 Å².